The van der Waals surface area contributed by atoms with E-state index < -0.39 is 0 Å². The van der Waals surface area contributed by atoms with Gasteiger partial charge in [-0.25, -0.2) is 4.98 Å². The van der Waals surface area contributed by atoms with Crippen molar-refractivity contribution in [1.82, 2.24) is 9.55 Å². The number of hydrogen-bond acceptors (Lipinski definition) is 1. The van der Waals surface area contributed by atoms with Gasteiger partial charge in [0.1, 0.15) is 5.82 Å². The molecule has 6 aromatic rings. The third kappa shape index (κ3) is 4.85. The molecular formula is C36H28N2. The summed E-state index contributed by atoms with van der Waals surface area (Å²) >= 11 is 0. The lowest BCUT2D eigenvalue weighted by atomic mass is 10.0. The minimum Gasteiger partial charge on any atom is -0.292 e. The molecule has 0 saturated carbocycles. The fraction of sp³-hybridized carbons (Fsp3) is 0.0278. The highest BCUT2D eigenvalue weighted by Crippen LogP contribution is 2.38. The van der Waals surface area contributed by atoms with E-state index in [1.54, 1.807) is 0 Å². The molecule has 0 aliphatic heterocycles. The van der Waals surface area contributed by atoms with E-state index in [1.807, 2.05) is 6.07 Å². The van der Waals surface area contributed by atoms with Crippen molar-refractivity contribution in [1.29, 1.82) is 0 Å². The van der Waals surface area contributed by atoms with Crippen molar-refractivity contribution in [3.63, 3.8) is 0 Å². The summed E-state index contributed by atoms with van der Waals surface area (Å²) in [4.78, 5) is 5.28. The number of aromatic nitrogens is 2. The Balaban J connectivity index is 1.49. The van der Waals surface area contributed by atoms with Gasteiger partial charge in [-0.15, -0.1) is 0 Å². The Hall–Kier alpha value is -4.95. The summed E-state index contributed by atoms with van der Waals surface area (Å²) in [6.07, 6.45) is 4.31. The second-order valence-electron chi connectivity index (χ2n) is 9.40. The Labute approximate surface area is 224 Å². The van der Waals surface area contributed by atoms with Gasteiger partial charge in [-0.2, -0.15) is 0 Å². The van der Waals surface area contributed by atoms with Crippen LogP contribution in [0.25, 0.3) is 51.7 Å². The highest BCUT2D eigenvalue weighted by Gasteiger charge is 2.22. The van der Waals surface area contributed by atoms with Gasteiger partial charge in [0.05, 0.1) is 11.4 Å². The molecule has 2 heteroatoms. The SMILES string of the molecule is Cc1ccc(/C=C/c2ccc(-c3nc(-c4ccccc4)c(-c4ccccc4)n3-c3ccccc3)cc2)cc1. The van der Waals surface area contributed by atoms with Crippen LogP contribution in [0.5, 0.6) is 0 Å². The molecule has 2 nitrogen and oxygen atoms in total. The molecule has 0 N–H and O–H groups in total. The zero-order valence-corrected chi connectivity index (χ0v) is 21.3. The molecule has 6 rings (SSSR count). The van der Waals surface area contributed by atoms with Gasteiger partial charge in [-0.3, -0.25) is 4.57 Å². The Kier molecular flexibility index (Phi) is 6.53. The van der Waals surface area contributed by atoms with Gasteiger partial charge in [-0.05, 0) is 30.2 Å². The summed E-state index contributed by atoms with van der Waals surface area (Å²) < 4.78 is 2.29. The summed E-state index contributed by atoms with van der Waals surface area (Å²) in [6.45, 7) is 2.11. The first-order valence-corrected chi connectivity index (χ1v) is 12.9. The molecule has 0 atom stereocenters. The van der Waals surface area contributed by atoms with Gasteiger partial charge < -0.3 is 0 Å². The largest absolute Gasteiger partial charge is 0.292 e. The fourth-order valence-electron chi connectivity index (χ4n) is 4.72. The van der Waals surface area contributed by atoms with Crippen LogP contribution in [-0.2, 0) is 0 Å². The Morgan fingerprint density at radius 3 is 1.58 bits per heavy atom. The molecule has 0 aliphatic carbocycles. The van der Waals surface area contributed by atoms with E-state index in [4.69, 9.17) is 4.98 Å². The molecule has 0 bridgehead atoms. The summed E-state index contributed by atoms with van der Waals surface area (Å²) in [5, 5.41) is 0. The lowest BCUT2D eigenvalue weighted by molar-refractivity contribution is 1.07. The van der Waals surface area contributed by atoms with E-state index in [2.05, 4.69) is 157 Å². The Morgan fingerprint density at radius 1 is 0.500 bits per heavy atom. The number of imidazole rings is 1. The average Bonchev–Trinajstić information content (AvgIpc) is 3.39. The molecule has 1 heterocycles. The maximum absolute atomic E-state index is 5.28. The zero-order chi connectivity index (χ0) is 25.7. The monoisotopic (exact) mass is 488 g/mol. The molecule has 38 heavy (non-hydrogen) atoms. The van der Waals surface area contributed by atoms with Crippen molar-refractivity contribution in [2.24, 2.45) is 0 Å². The number of rotatable bonds is 6. The number of benzene rings is 5. The smallest absolute Gasteiger partial charge is 0.145 e. The number of aryl methyl sites for hydroxylation is 1. The maximum Gasteiger partial charge on any atom is 0.145 e. The van der Waals surface area contributed by atoms with Gasteiger partial charge in [0.25, 0.3) is 0 Å². The predicted molar refractivity (Wildman–Crippen MR) is 160 cm³/mol. The second kappa shape index (κ2) is 10.6. The normalized spacial score (nSPS) is 11.2. The van der Waals surface area contributed by atoms with Gasteiger partial charge in [0.2, 0.25) is 0 Å². The highest BCUT2D eigenvalue weighted by atomic mass is 15.1. The van der Waals surface area contributed by atoms with Crippen molar-refractivity contribution < 1.29 is 0 Å². The minimum absolute atomic E-state index is 0.919. The first-order valence-electron chi connectivity index (χ1n) is 12.9. The van der Waals surface area contributed by atoms with Crippen molar-refractivity contribution in [2.75, 3.05) is 0 Å². The van der Waals surface area contributed by atoms with E-state index >= 15 is 0 Å². The molecule has 0 amide bonds. The van der Waals surface area contributed by atoms with E-state index in [9.17, 15) is 0 Å². The van der Waals surface area contributed by atoms with Gasteiger partial charge >= 0.3 is 0 Å². The summed E-state index contributed by atoms with van der Waals surface area (Å²) in [5.74, 6) is 0.919. The van der Waals surface area contributed by atoms with Crippen LogP contribution >= 0.6 is 0 Å². The molecule has 0 radical (unpaired) electrons. The van der Waals surface area contributed by atoms with Crippen molar-refractivity contribution in [3.8, 4) is 39.6 Å². The fourth-order valence-corrected chi connectivity index (χ4v) is 4.72. The lowest BCUT2D eigenvalue weighted by Gasteiger charge is -2.14. The molecule has 5 aromatic carbocycles. The molecule has 0 unspecified atom stereocenters. The third-order valence-corrected chi connectivity index (χ3v) is 6.70. The van der Waals surface area contributed by atoms with Crippen molar-refractivity contribution in [3.05, 3.63) is 156 Å². The van der Waals surface area contributed by atoms with Crippen molar-refractivity contribution >= 4 is 12.2 Å². The van der Waals surface area contributed by atoms with E-state index in [1.165, 1.54) is 11.1 Å². The molecular weight excluding hydrogens is 460 g/mol. The van der Waals surface area contributed by atoms with E-state index in [0.717, 1.165) is 45.2 Å². The number of nitrogens with zero attached hydrogens (tertiary/aromatic N) is 2. The Bertz CT molecular complexity index is 1660. The van der Waals surface area contributed by atoms with Crippen LogP contribution in [0.4, 0.5) is 0 Å². The molecule has 0 fully saturated rings. The standard InChI is InChI=1S/C36H28N2/c1-27-17-19-28(20-18-27)21-22-29-23-25-32(26-24-29)36-37-34(30-11-5-2-6-12-30)35(31-13-7-3-8-14-31)38(36)33-15-9-4-10-16-33/h2-26H,1H3/b22-21+. The first-order chi connectivity index (χ1) is 18.8. The van der Waals surface area contributed by atoms with E-state index in [0.29, 0.717) is 0 Å². The van der Waals surface area contributed by atoms with Crippen LogP contribution in [0, 0.1) is 6.92 Å². The van der Waals surface area contributed by atoms with Crippen LogP contribution in [0.2, 0.25) is 0 Å². The van der Waals surface area contributed by atoms with Crippen molar-refractivity contribution in [2.45, 2.75) is 6.92 Å². The summed E-state index contributed by atoms with van der Waals surface area (Å²) in [6, 6.07) is 48.7. The molecule has 182 valence electrons. The van der Waals surface area contributed by atoms with Gasteiger partial charge in [0.15, 0.2) is 0 Å². The zero-order valence-electron chi connectivity index (χ0n) is 21.3. The minimum atomic E-state index is 0.919. The quantitative estimate of drug-likeness (QED) is 0.214. The van der Waals surface area contributed by atoms with Gasteiger partial charge in [-0.1, -0.05) is 145 Å². The van der Waals surface area contributed by atoms with Crippen LogP contribution in [-0.4, -0.2) is 9.55 Å². The highest BCUT2D eigenvalue weighted by molar-refractivity contribution is 5.84. The summed E-state index contributed by atoms with van der Waals surface area (Å²) in [7, 11) is 0. The van der Waals surface area contributed by atoms with Crippen LogP contribution in [0.3, 0.4) is 0 Å². The lowest BCUT2D eigenvalue weighted by Crippen LogP contribution is -2.00. The first kappa shape index (κ1) is 23.4. The van der Waals surface area contributed by atoms with Gasteiger partial charge in [0, 0.05) is 22.4 Å². The van der Waals surface area contributed by atoms with Crippen LogP contribution < -0.4 is 0 Å². The number of hydrogen-bond donors (Lipinski definition) is 0. The maximum atomic E-state index is 5.28. The average molecular weight is 489 g/mol. The van der Waals surface area contributed by atoms with Crippen LogP contribution in [0.1, 0.15) is 16.7 Å². The van der Waals surface area contributed by atoms with E-state index in [-0.39, 0.29) is 0 Å². The molecule has 1 aromatic heterocycles. The molecule has 0 spiro atoms. The summed E-state index contributed by atoms with van der Waals surface area (Å²) in [5.41, 5.74) is 10.1. The molecule has 0 aliphatic rings. The molecule has 0 saturated heterocycles. The number of para-hydroxylation sites is 1. The third-order valence-electron chi connectivity index (χ3n) is 6.70. The second-order valence-corrected chi connectivity index (χ2v) is 9.40. The predicted octanol–water partition coefficient (Wildman–Crippen LogP) is 9.35. The topological polar surface area (TPSA) is 17.8 Å². The van der Waals surface area contributed by atoms with Crippen LogP contribution in [0.15, 0.2) is 140 Å². The Morgan fingerprint density at radius 2 is 1.00 bits per heavy atom.